The van der Waals surface area contributed by atoms with E-state index >= 15 is 0 Å². The minimum Gasteiger partial charge on any atom is -0.0654 e. The van der Waals surface area contributed by atoms with Crippen LogP contribution >= 0.6 is 0 Å². The Hall–Kier alpha value is 0. The van der Waals surface area contributed by atoms with Crippen LogP contribution in [-0.2, 0) is 0 Å². The van der Waals surface area contributed by atoms with E-state index in [1.807, 2.05) is 0 Å². The van der Waals surface area contributed by atoms with E-state index in [9.17, 15) is 0 Å². The predicted octanol–water partition coefficient (Wildman–Crippen LogP) is 3.57. The first-order valence-electron chi connectivity index (χ1n) is 4.77. The standard InChI is InChI=1S/C10H19/c1-2-3-7-10-8-5-4-6-9-10/h8,10H,2-7,9H2,1H3. The minimum absolute atomic E-state index is 0.980. The summed E-state index contributed by atoms with van der Waals surface area (Å²) in [6.45, 7) is 2.28. The highest BCUT2D eigenvalue weighted by molar-refractivity contribution is 4.80. The molecule has 0 aromatic carbocycles. The highest BCUT2D eigenvalue weighted by Gasteiger charge is 2.11. The van der Waals surface area contributed by atoms with E-state index in [0.717, 1.165) is 5.92 Å². The van der Waals surface area contributed by atoms with Crippen LogP contribution in [0.2, 0.25) is 0 Å². The summed E-state index contributed by atoms with van der Waals surface area (Å²) in [5.74, 6) is 0.980. The Balaban J connectivity index is 2.02. The molecule has 1 unspecified atom stereocenters. The van der Waals surface area contributed by atoms with Gasteiger partial charge in [0.2, 0.25) is 0 Å². The third kappa shape index (κ3) is 2.72. The van der Waals surface area contributed by atoms with Crippen molar-refractivity contribution >= 4 is 0 Å². The lowest BCUT2D eigenvalue weighted by atomic mass is 9.86. The molecular weight excluding hydrogens is 120 g/mol. The first-order chi connectivity index (χ1) is 4.93. The molecule has 1 radical (unpaired) electrons. The minimum atomic E-state index is 0.980. The second-order valence-electron chi connectivity index (χ2n) is 3.42. The first kappa shape index (κ1) is 8.10. The third-order valence-electron chi connectivity index (χ3n) is 2.46. The topological polar surface area (TPSA) is 0 Å². The molecule has 0 spiro atoms. The average molecular weight is 139 g/mol. The molecule has 0 amide bonds. The van der Waals surface area contributed by atoms with Crippen LogP contribution < -0.4 is 0 Å². The molecule has 0 bridgehead atoms. The Kier molecular flexibility index (Phi) is 3.86. The van der Waals surface area contributed by atoms with E-state index in [4.69, 9.17) is 0 Å². The fourth-order valence-electron chi connectivity index (χ4n) is 1.75. The molecule has 0 aliphatic heterocycles. The lowest BCUT2D eigenvalue weighted by Gasteiger charge is -2.20. The zero-order chi connectivity index (χ0) is 7.23. The molecule has 10 heavy (non-hydrogen) atoms. The Morgan fingerprint density at radius 1 is 1.40 bits per heavy atom. The summed E-state index contributed by atoms with van der Waals surface area (Å²) in [7, 11) is 0. The largest absolute Gasteiger partial charge is 0.0654 e. The van der Waals surface area contributed by atoms with E-state index in [-0.39, 0.29) is 0 Å². The van der Waals surface area contributed by atoms with E-state index in [0.29, 0.717) is 0 Å². The molecule has 0 heterocycles. The van der Waals surface area contributed by atoms with Crippen molar-refractivity contribution in [3.63, 3.8) is 0 Å². The maximum absolute atomic E-state index is 2.54. The van der Waals surface area contributed by atoms with Gasteiger partial charge in [-0.25, -0.2) is 0 Å². The quantitative estimate of drug-likeness (QED) is 0.560. The van der Waals surface area contributed by atoms with Crippen molar-refractivity contribution in [2.24, 2.45) is 5.92 Å². The van der Waals surface area contributed by atoms with Crippen molar-refractivity contribution in [2.75, 3.05) is 0 Å². The fraction of sp³-hybridized carbons (Fsp3) is 0.900. The molecule has 1 saturated carbocycles. The first-order valence-corrected chi connectivity index (χ1v) is 4.77. The van der Waals surface area contributed by atoms with Gasteiger partial charge in [0.05, 0.1) is 0 Å². The number of rotatable bonds is 3. The molecule has 1 fully saturated rings. The van der Waals surface area contributed by atoms with Gasteiger partial charge < -0.3 is 0 Å². The van der Waals surface area contributed by atoms with Crippen LogP contribution in [-0.4, -0.2) is 0 Å². The summed E-state index contributed by atoms with van der Waals surface area (Å²) in [6.07, 6.45) is 12.6. The molecular formula is C10H19. The molecule has 0 saturated heterocycles. The van der Waals surface area contributed by atoms with Crippen LogP contribution in [0.3, 0.4) is 0 Å². The van der Waals surface area contributed by atoms with E-state index in [2.05, 4.69) is 13.3 Å². The lowest BCUT2D eigenvalue weighted by Crippen LogP contribution is -2.06. The summed E-state index contributed by atoms with van der Waals surface area (Å²) in [5, 5.41) is 0. The fourth-order valence-corrected chi connectivity index (χ4v) is 1.75. The van der Waals surface area contributed by atoms with Crippen molar-refractivity contribution in [1.82, 2.24) is 0 Å². The molecule has 0 N–H and O–H groups in total. The van der Waals surface area contributed by atoms with Crippen LogP contribution in [0.25, 0.3) is 0 Å². The van der Waals surface area contributed by atoms with Gasteiger partial charge in [-0.1, -0.05) is 45.4 Å². The van der Waals surface area contributed by atoms with Gasteiger partial charge in [0.15, 0.2) is 0 Å². The normalized spacial score (nSPS) is 21.3. The molecule has 1 rings (SSSR count). The van der Waals surface area contributed by atoms with Crippen LogP contribution in [0.15, 0.2) is 0 Å². The van der Waals surface area contributed by atoms with Gasteiger partial charge in [-0.15, -0.1) is 0 Å². The summed E-state index contributed by atoms with van der Waals surface area (Å²) in [4.78, 5) is 0. The van der Waals surface area contributed by atoms with Gasteiger partial charge in [-0.2, -0.15) is 0 Å². The second kappa shape index (κ2) is 4.76. The zero-order valence-electron chi connectivity index (χ0n) is 7.10. The summed E-state index contributed by atoms with van der Waals surface area (Å²) < 4.78 is 0. The number of hydrogen-bond acceptors (Lipinski definition) is 0. The highest BCUT2D eigenvalue weighted by Crippen LogP contribution is 2.26. The molecule has 1 aliphatic rings. The number of unbranched alkanes of at least 4 members (excludes halogenated alkanes) is 1. The van der Waals surface area contributed by atoms with Crippen molar-refractivity contribution in [3.8, 4) is 0 Å². The van der Waals surface area contributed by atoms with Crippen LogP contribution in [0.4, 0.5) is 0 Å². The lowest BCUT2D eigenvalue weighted by molar-refractivity contribution is 0.410. The second-order valence-corrected chi connectivity index (χ2v) is 3.42. The van der Waals surface area contributed by atoms with Crippen LogP contribution in [0.1, 0.15) is 51.9 Å². The highest BCUT2D eigenvalue weighted by atomic mass is 14.2. The Bertz CT molecular complexity index is 70.1. The molecule has 59 valence electrons. The Morgan fingerprint density at radius 3 is 2.90 bits per heavy atom. The van der Waals surface area contributed by atoms with Crippen molar-refractivity contribution in [3.05, 3.63) is 6.42 Å². The molecule has 1 aliphatic carbocycles. The van der Waals surface area contributed by atoms with Crippen molar-refractivity contribution in [1.29, 1.82) is 0 Å². The van der Waals surface area contributed by atoms with Gasteiger partial charge in [-0.3, -0.25) is 0 Å². The van der Waals surface area contributed by atoms with E-state index in [1.165, 1.54) is 44.9 Å². The molecule has 0 nitrogen and oxygen atoms in total. The average Bonchev–Trinajstić information content (AvgIpc) is 2.03. The van der Waals surface area contributed by atoms with Crippen LogP contribution in [0.5, 0.6) is 0 Å². The van der Waals surface area contributed by atoms with Crippen molar-refractivity contribution < 1.29 is 0 Å². The number of hydrogen-bond donors (Lipinski definition) is 0. The monoisotopic (exact) mass is 139 g/mol. The molecule has 0 heteroatoms. The Labute approximate surface area is 65.0 Å². The van der Waals surface area contributed by atoms with Crippen molar-refractivity contribution in [2.45, 2.75) is 51.9 Å². The SMILES string of the molecule is CCCCC1[CH]CCCC1. The van der Waals surface area contributed by atoms with Gasteiger partial charge in [0.25, 0.3) is 0 Å². The molecule has 0 aromatic rings. The maximum atomic E-state index is 2.54. The van der Waals surface area contributed by atoms with E-state index in [1.54, 1.807) is 0 Å². The van der Waals surface area contributed by atoms with Crippen LogP contribution in [0, 0.1) is 12.3 Å². The van der Waals surface area contributed by atoms with Gasteiger partial charge in [0.1, 0.15) is 0 Å². The Morgan fingerprint density at radius 2 is 2.30 bits per heavy atom. The maximum Gasteiger partial charge on any atom is -0.0355 e. The molecule has 1 atom stereocenters. The third-order valence-corrected chi connectivity index (χ3v) is 2.46. The summed E-state index contributed by atoms with van der Waals surface area (Å²) in [5.41, 5.74) is 0. The van der Waals surface area contributed by atoms with Gasteiger partial charge in [0, 0.05) is 0 Å². The summed E-state index contributed by atoms with van der Waals surface area (Å²) in [6, 6.07) is 0. The zero-order valence-corrected chi connectivity index (χ0v) is 7.10. The smallest absolute Gasteiger partial charge is 0.0355 e. The van der Waals surface area contributed by atoms with Gasteiger partial charge in [-0.05, 0) is 18.8 Å². The van der Waals surface area contributed by atoms with E-state index < -0.39 is 0 Å². The molecule has 0 aromatic heterocycles. The summed E-state index contributed by atoms with van der Waals surface area (Å²) >= 11 is 0. The van der Waals surface area contributed by atoms with Gasteiger partial charge >= 0.3 is 0 Å². The predicted molar refractivity (Wildman–Crippen MR) is 45.8 cm³/mol.